The number of hydrogen-bond donors (Lipinski definition) is 7. The topological polar surface area (TPSA) is 388 Å². The maximum absolute atomic E-state index is 15.8. The monoisotopic (exact) mass is 1620 g/mol. The molecular weight excluding hydrogens is 1500 g/mol. The van der Waals surface area contributed by atoms with Gasteiger partial charge in [-0.1, -0.05) is 182 Å². The summed E-state index contributed by atoms with van der Waals surface area (Å²) in [6.07, 6.45) is 4.90. The smallest absolute Gasteiger partial charge is 0.243 e. The van der Waals surface area contributed by atoms with Crippen molar-refractivity contribution < 1.29 is 52.7 Å². The first kappa shape index (κ1) is 96.1. The molecule has 0 spiro atoms. The highest BCUT2D eigenvalue weighted by atomic mass is 16.2. The van der Waals surface area contributed by atoms with Gasteiger partial charge < -0.3 is 88.7 Å². The maximum Gasteiger partial charge on any atom is 0.243 e. The Morgan fingerprint density at radius 1 is 0.246 bits per heavy atom. The van der Waals surface area contributed by atoms with Crippen molar-refractivity contribution >= 4 is 65.0 Å². The van der Waals surface area contributed by atoms with E-state index in [-0.39, 0.29) is 58.3 Å². The Hall–Kier alpha value is -10.8. The van der Waals surface area contributed by atoms with Crippen molar-refractivity contribution in [2.45, 2.75) is 142 Å². The number of nitrogens with zero attached hydrogens (tertiary/aromatic N) is 10. The Balaban J connectivity index is 1.34. The first-order valence-electron chi connectivity index (χ1n) is 41.5. The molecule has 0 aliphatic rings. The molecule has 6 aromatic carbocycles. The minimum atomic E-state index is -0.820. The third-order valence-corrected chi connectivity index (χ3v) is 21.6. The van der Waals surface area contributed by atoms with Crippen LogP contribution in [0, 0.1) is 0 Å². The fourth-order valence-electron chi connectivity index (χ4n) is 14.2. The van der Waals surface area contributed by atoms with Gasteiger partial charge in [-0.2, -0.15) is 0 Å². The number of unbranched alkanes of at least 4 members (excludes halogenated alkanes) is 5. The second kappa shape index (κ2) is 52.1. The molecule has 28 heteroatoms. The summed E-state index contributed by atoms with van der Waals surface area (Å²) >= 11 is 0. The van der Waals surface area contributed by atoms with Crippen LogP contribution >= 0.6 is 0 Å². The molecule has 6 rings (SSSR count). The molecule has 0 bridgehead atoms. The Morgan fingerprint density at radius 2 is 0.432 bits per heavy atom. The maximum atomic E-state index is 15.8. The lowest BCUT2D eigenvalue weighted by Gasteiger charge is -2.37. The molecule has 0 radical (unpaired) electrons. The van der Waals surface area contributed by atoms with Crippen LogP contribution in [0.25, 0.3) is 0 Å². The molecule has 0 aromatic heterocycles. The standard InChI is InChI=1S/C90H129N17O11/c1-68(74-35-13-7-14-36-74)102(58-80(96)108)86(114)60-100(55-33-28-50-94)84(112)63-104(70(3)76-39-17-9-18-40-76)87(115)61-99(54-32-27-49-93)82(110)59-98(53-31-26-48-92)83(111)64-106(72(5)78-43-21-11-22-44-78)90(118)67-107(73(6)79-45-23-12-24-46-79)88(116)62-101(56-34-29-51-95)85(113)65-105(71(4)77-41-19-10-20-42-77)89(117)66-103(69(2)75-37-15-8-16-38-75)81(109)57-97-52-30-25-47-91/h7-24,35-46,68-73,97H,25-34,47-67,91-95H2,1-6H3,(H2,96,108)/t68-,69-,70-,71-,72-,73-/m0/s1. The number of hydrogen-bond acceptors (Lipinski definition) is 17. The Bertz CT molecular complexity index is 4050. The van der Waals surface area contributed by atoms with Gasteiger partial charge in [0.05, 0.1) is 75.5 Å². The van der Waals surface area contributed by atoms with Crippen molar-refractivity contribution in [3.8, 4) is 0 Å². The third-order valence-electron chi connectivity index (χ3n) is 21.6. The van der Waals surface area contributed by atoms with E-state index in [4.69, 9.17) is 34.4 Å². The highest BCUT2D eigenvalue weighted by Gasteiger charge is 2.38. The quantitative estimate of drug-likeness (QED) is 0.0197. The van der Waals surface area contributed by atoms with Crippen LogP contribution < -0.4 is 39.7 Å². The van der Waals surface area contributed by atoms with E-state index in [1.807, 2.05) is 159 Å². The van der Waals surface area contributed by atoms with Crippen LogP contribution in [-0.2, 0) is 52.7 Å². The lowest BCUT2D eigenvalue weighted by Crippen LogP contribution is -2.53. The van der Waals surface area contributed by atoms with E-state index in [0.29, 0.717) is 93.3 Å². The molecule has 28 nitrogen and oxygen atoms in total. The Kier molecular flexibility index (Phi) is 42.5. The van der Waals surface area contributed by atoms with Crippen molar-refractivity contribution in [3.05, 3.63) is 215 Å². The minimum Gasteiger partial charge on any atom is -0.368 e. The summed E-state index contributed by atoms with van der Waals surface area (Å²) in [4.78, 5) is 179. The molecular formula is C90H129N17O11. The second-order valence-corrected chi connectivity index (χ2v) is 30.0. The fraction of sp³-hybridized carbons (Fsp3) is 0.478. The summed E-state index contributed by atoms with van der Waals surface area (Å²) in [5, 5.41) is 3.21. The van der Waals surface area contributed by atoms with Gasteiger partial charge in [0.25, 0.3) is 0 Å². The van der Waals surface area contributed by atoms with Crippen molar-refractivity contribution in [2.75, 3.05) is 137 Å². The van der Waals surface area contributed by atoms with Crippen molar-refractivity contribution in [1.82, 2.24) is 54.3 Å². The molecule has 6 aromatic rings. The van der Waals surface area contributed by atoms with E-state index in [1.165, 1.54) is 49.0 Å². The number of nitrogens with two attached hydrogens (primary N) is 6. The summed E-state index contributed by atoms with van der Waals surface area (Å²) in [7, 11) is 0. The normalized spacial score (nSPS) is 12.6. The number of benzene rings is 6. The summed E-state index contributed by atoms with van der Waals surface area (Å²) in [6, 6.07) is 50.5. The molecule has 11 amide bonds. The minimum absolute atomic E-state index is 0.00689. The van der Waals surface area contributed by atoms with Gasteiger partial charge in [-0.3, -0.25) is 52.7 Å². The molecule has 0 fully saturated rings. The zero-order valence-electron chi connectivity index (χ0n) is 70.1. The zero-order valence-corrected chi connectivity index (χ0v) is 70.1. The van der Waals surface area contributed by atoms with Gasteiger partial charge in [0, 0.05) is 26.2 Å². The molecule has 0 saturated heterocycles. The van der Waals surface area contributed by atoms with Crippen LogP contribution in [0.5, 0.6) is 0 Å². The van der Waals surface area contributed by atoms with E-state index in [0.717, 1.165) is 24.0 Å². The second-order valence-electron chi connectivity index (χ2n) is 30.0. The van der Waals surface area contributed by atoms with E-state index >= 15 is 33.6 Å². The molecule has 0 heterocycles. The van der Waals surface area contributed by atoms with Gasteiger partial charge in [-0.25, -0.2) is 0 Å². The van der Waals surface area contributed by atoms with Crippen molar-refractivity contribution in [1.29, 1.82) is 0 Å². The molecule has 6 atom stereocenters. The van der Waals surface area contributed by atoms with Crippen LogP contribution in [0.2, 0.25) is 0 Å². The van der Waals surface area contributed by atoms with Crippen LogP contribution in [-0.4, -0.2) is 251 Å². The van der Waals surface area contributed by atoms with E-state index in [1.54, 1.807) is 64.1 Å². The number of carbonyl (C=O) groups is 11. The van der Waals surface area contributed by atoms with Gasteiger partial charge in [0.15, 0.2) is 0 Å². The summed E-state index contributed by atoms with van der Waals surface area (Å²) in [5.74, 6) is -6.48. The number of nitrogens with one attached hydrogen (secondary N) is 1. The Morgan fingerprint density at radius 3 is 0.661 bits per heavy atom. The van der Waals surface area contributed by atoms with Crippen molar-refractivity contribution in [3.63, 3.8) is 0 Å². The van der Waals surface area contributed by atoms with E-state index in [2.05, 4.69) is 5.32 Å². The van der Waals surface area contributed by atoms with Crippen LogP contribution in [0.3, 0.4) is 0 Å². The largest absolute Gasteiger partial charge is 0.368 e. The van der Waals surface area contributed by atoms with Gasteiger partial charge in [0.1, 0.15) is 32.7 Å². The van der Waals surface area contributed by atoms with Gasteiger partial charge >= 0.3 is 0 Å². The fourth-order valence-corrected chi connectivity index (χ4v) is 14.2. The van der Waals surface area contributed by atoms with E-state index in [9.17, 15) is 19.2 Å². The number of primary amides is 1. The van der Waals surface area contributed by atoms with Crippen LogP contribution in [0.15, 0.2) is 182 Å². The lowest BCUT2D eigenvalue weighted by atomic mass is 10.0. The van der Waals surface area contributed by atoms with Crippen LogP contribution in [0.4, 0.5) is 0 Å². The number of amides is 11. The van der Waals surface area contributed by atoms with Gasteiger partial charge in [-0.05, 0) is 178 Å². The predicted octanol–water partition coefficient (Wildman–Crippen LogP) is 6.61. The number of carbonyl (C=O) groups excluding carboxylic acids is 11. The highest BCUT2D eigenvalue weighted by molar-refractivity contribution is 5.95. The molecule has 0 unspecified atom stereocenters. The summed E-state index contributed by atoms with van der Waals surface area (Å²) < 4.78 is 0. The SMILES string of the molecule is C[C@@H](c1ccccc1)N(CC(N)=O)C(=O)CN(CCCCN)C(=O)CN(C(=O)CN(CCCCN)C(=O)CN(CCCCN)C(=O)CN(C(=O)CN(C(=O)CN(CCCCN)C(=O)CN(C(=O)CN(C(=O)CNCCCCN)[C@@H](C)c1ccccc1)[C@@H](C)c1ccccc1)[C@@H](C)c1ccccc1)[C@@H](C)c1ccccc1)[C@@H](C)c1ccccc1. The third kappa shape index (κ3) is 30.9. The first-order valence-corrected chi connectivity index (χ1v) is 41.5. The average molecular weight is 1630 g/mol. The molecule has 640 valence electrons. The summed E-state index contributed by atoms with van der Waals surface area (Å²) in [6.45, 7) is 7.79. The lowest BCUT2D eigenvalue weighted by molar-refractivity contribution is -0.151. The highest BCUT2D eigenvalue weighted by Crippen LogP contribution is 2.29. The Labute approximate surface area is 697 Å². The zero-order chi connectivity index (χ0) is 85.9. The first-order chi connectivity index (χ1) is 56.9. The molecule has 118 heavy (non-hydrogen) atoms. The summed E-state index contributed by atoms with van der Waals surface area (Å²) in [5.41, 5.74) is 39.8. The average Bonchev–Trinajstić information content (AvgIpc) is 0.822. The predicted molar refractivity (Wildman–Crippen MR) is 459 cm³/mol. The molecule has 0 saturated carbocycles. The van der Waals surface area contributed by atoms with Crippen LogP contribution in [0.1, 0.15) is 175 Å². The number of rotatable bonds is 54. The van der Waals surface area contributed by atoms with Crippen molar-refractivity contribution in [2.24, 2.45) is 34.4 Å². The molecule has 0 aliphatic carbocycles. The molecule has 13 N–H and O–H groups in total. The van der Waals surface area contributed by atoms with Gasteiger partial charge in [0.2, 0.25) is 65.0 Å². The van der Waals surface area contributed by atoms with Gasteiger partial charge in [-0.15, -0.1) is 0 Å². The van der Waals surface area contributed by atoms with E-state index < -0.39 is 161 Å². The molecule has 0 aliphatic heterocycles.